The molecule has 1 aromatic carbocycles. The molecule has 1 rings (SSSR count). The fraction of sp³-hybridized carbons (Fsp3) is 0.841. The number of amides is 1. The van der Waals surface area contributed by atoms with Gasteiger partial charge in [-0.25, -0.2) is 4.39 Å². The number of nitrogens with one attached hydrogen (secondary N) is 2. The van der Waals surface area contributed by atoms with Crippen LogP contribution in [0.25, 0.3) is 0 Å². The van der Waals surface area contributed by atoms with Gasteiger partial charge in [0.1, 0.15) is 5.82 Å². The summed E-state index contributed by atoms with van der Waals surface area (Å²) >= 11 is 0. The fourth-order valence-corrected chi connectivity index (χ4v) is 6.62. The number of ether oxygens (including phenoxy) is 2. The number of unbranched alkanes of at least 4 members (excludes halogenated alkanes) is 23. The molecule has 7 heteroatoms. The molecule has 0 fully saturated rings. The summed E-state index contributed by atoms with van der Waals surface area (Å²) in [6.45, 7) is 8.03. The molecule has 0 aliphatic carbocycles. The van der Waals surface area contributed by atoms with Gasteiger partial charge in [-0.2, -0.15) is 0 Å². The van der Waals surface area contributed by atoms with E-state index in [9.17, 15) is 9.18 Å². The third kappa shape index (κ3) is 30.6. The number of rotatable bonds is 39. The van der Waals surface area contributed by atoms with E-state index >= 15 is 0 Å². The summed E-state index contributed by atoms with van der Waals surface area (Å²) < 4.78 is 25.8. The second kappa shape index (κ2) is 36.8. The lowest BCUT2D eigenvalue weighted by molar-refractivity contribution is -0.124. The van der Waals surface area contributed by atoms with Crippen LogP contribution < -0.4 is 16.4 Å². The average Bonchev–Trinajstić information content (AvgIpc) is 3.14. The molecule has 0 heterocycles. The predicted molar refractivity (Wildman–Crippen MR) is 216 cm³/mol. The lowest BCUT2D eigenvalue weighted by Gasteiger charge is -2.22. The van der Waals surface area contributed by atoms with Crippen LogP contribution in [0.1, 0.15) is 193 Å². The van der Waals surface area contributed by atoms with E-state index in [2.05, 4.69) is 24.5 Å². The van der Waals surface area contributed by atoms with Crippen molar-refractivity contribution in [1.82, 2.24) is 10.6 Å². The average molecular weight is 720 g/mol. The maximum absolute atomic E-state index is 13.4. The standard InChI is InChI=1S/C44H82FN3O3/c1-3-5-7-9-11-13-15-17-19-21-23-27-35-50-39-42(51-36-28-24-22-20-18-16-14-12-10-8-6-4-2)38-48-44(49)43(29-25-26-34-46)47-37-40-30-32-41(45)33-31-40/h30-33,42-43,47H,3-29,34-39,46H2,1-2H3,(H,48,49). The van der Waals surface area contributed by atoms with E-state index in [4.69, 9.17) is 15.2 Å². The summed E-state index contributed by atoms with van der Waals surface area (Å²) in [6.07, 6.45) is 34.0. The molecule has 51 heavy (non-hydrogen) atoms. The van der Waals surface area contributed by atoms with Crippen molar-refractivity contribution in [1.29, 1.82) is 0 Å². The lowest BCUT2D eigenvalue weighted by Crippen LogP contribution is -2.47. The fourth-order valence-electron chi connectivity index (χ4n) is 6.62. The van der Waals surface area contributed by atoms with Gasteiger partial charge in [0, 0.05) is 26.3 Å². The molecule has 0 bridgehead atoms. The Kier molecular flexibility index (Phi) is 34.3. The van der Waals surface area contributed by atoms with Crippen LogP contribution in [0.3, 0.4) is 0 Å². The first kappa shape index (κ1) is 47.5. The summed E-state index contributed by atoms with van der Waals surface area (Å²) in [4.78, 5) is 13.3. The van der Waals surface area contributed by atoms with Gasteiger partial charge in [0.25, 0.3) is 0 Å². The van der Waals surface area contributed by atoms with Gasteiger partial charge in [-0.1, -0.05) is 174 Å². The second-order valence-corrected chi connectivity index (χ2v) is 14.9. The SMILES string of the molecule is CCCCCCCCCCCCCCOCC(CNC(=O)C(CCCCN)NCc1ccc(F)cc1)OCCCCCCCCCCCCCC. The molecular formula is C44H82FN3O3. The summed E-state index contributed by atoms with van der Waals surface area (Å²) in [6, 6.07) is 6.07. The first-order valence-corrected chi connectivity index (χ1v) is 21.8. The van der Waals surface area contributed by atoms with Gasteiger partial charge in [0.2, 0.25) is 5.91 Å². The van der Waals surface area contributed by atoms with Crippen LogP contribution in [0.5, 0.6) is 0 Å². The molecule has 0 aliphatic rings. The Morgan fingerprint density at radius 2 is 1.12 bits per heavy atom. The first-order valence-electron chi connectivity index (χ1n) is 21.8. The molecule has 0 aromatic heterocycles. The molecule has 0 radical (unpaired) electrons. The summed E-state index contributed by atoms with van der Waals surface area (Å²) in [5.41, 5.74) is 6.68. The Morgan fingerprint density at radius 1 is 0.647 bits per heavy atom. The van der Waals surface area contributed by atoms with Gasteiger partial charge < -0.3 is 25.8 Å². The second-order valence-electron chi connectivity index (χ2n) is 14.9. The van der Waals surface area contributed by atoms with Crippen LogP contribution in [0.15, 0.2) is 24.3 Å². The monoisotopic (exact) mass is 720 g/mol. The van der Waals surface area contributed by atoms with E-state index in [-0.39, 0.29) is 23.9 Å². The first-order chi connectivity index (χ1) is 25.1. The van der Waals surface area contributed by atoms with Crippen LogP contribution in [0.2, 0.25) is 0 Å². The van der Waals surface area contributed by atoms with Gasteiger partial charge in [-0.05, 0) is 49.9 Å². The highest BCUT2D eigenvalue weighted by Crippen LogP contribution is 2.14. The molecule has 1 aromatic rings. The highest BCUT2D eigenvalue weighted by atomic mass is 19.1. The Bertz CT molecular complexity index is 872. The summed E-state index contributed by atoms with van der Waals surface area (Å²) in [5.74, 6) is -0.291. The van der Waals surface area contributed by atoms with Crippen LogP contribution in [-0.2, 0) is 20.8 Å². The topological polar surface area (TPSA) is 85.6 Å². The van der Waals surface area contributed by atoms with Crippen LogP contribution in [0.4, 0.5) is 4.39 Å². The number of hydrogen-bond donors (Lipinski definition) is 3. The highest BCUT2D eigenvalue weighted by molar-refractivity contribution is 5.81. The number of nitrogens with two attached hydrogens (primary N) is 1. The van der Waals surface area contributed by atoms with Crippen LogP contribution in [-0.4, -0.2) is 51.0 Å². The summed E-state index contributed by atoms with van der Waals surface area (Å²) in [7, 11) is 0. The van der Waals surface area contributed by atoms with E-state index in [0.717, 1.165) is 37.9 Å². The maximum atomic E-state index is 13.4. The number of halogens is 1. The molecule has 6 nitrogen and oxygen atoms in total. The van der Waals surface area contributed by atoms with Crippen molar-refractivity contribution in [2.75, 3.05) is 32.9 Å². The molecule has 0 spiro atoms. The van der Waals surface area contributed by atoms with Crippen molar-refractivity contribution in [2.45, 2.75) is 206 Å². The highest BCUT2D eigenvalue weighted by Gasteiger charge is 2.19. The Labute approximate surface area is 314 Å². The zero-order valence-corrected chi connectivity index (χ0v) is 33.5. The van der Waals surface area contributed by atoms with Crippen LogP contribution in [0, 0.1) is 5.82 Å². The van der Waals surface area contributed by atoms with Crippen molar-refractivity contribution in [3.05, 3.63) is 35.6 Å². The third-order valence-corrected chi connectivity index (χ3v) is 10.0. The molecule has 4 N–H and O–H groups in total. The van der Waals surface area contributed by atoms with Crippen molar-refractivity contribution in [2.24, 2.45) is 5.73 Å². The Hall–Kier alpha value is -1.54. The van der Waals surface area contributed by atoms with E-state index in [1.807, 2.05) is 0 Å². The molecule has 0 saturated heterocycles. The third-order valence-electron chi connectivity index (χ3n) is 10.0. The number of hydrogen-bond acceptors (Lipinski definition) is 5. The molecule has 2 unspecified atom stereocenters. The van der Waals surface area contributed by atoms with Crippen LogP contribution >= 0.6 is 0 Å². The van der Waals surface area contributed by atoms with E-state index < -0.39 is 0 Å². The minimum absolute atomic E-state index is 0.0333. The lowest BCUT2D eigenvalue weighted by atomic mass is 10.1. The van der Waals surface area contributed by atoms with Gasteiger partial charge in [-0.15, -0.1) is 0 Å². The van der Waals surface area contributed by atoms with Gasteiger partial charge >= 0.3 is 0 Å². The normalized spacial score (nSPS) is 12.7. The zero-order chi connectivity index (χ0) is 36.9. The summed E-state index contributed by atoms with van der Waals surface area (Å²) in [5, 5.41) is 6.54. The smallest absolute Gasteiger partial charge is 0.237 e. The molecule has 0 saturated carbocycles. The molecule has 0 aliphatic heterocycles. The van der Waals surface area contributed by atoms with Crippen molar-refractivity contribution < 1.29 is 18.7 Å². The van der Waals surface area contributed by atoms with Gasteiger partial charge in [-0.3, -0.25) is 4.79 Å². The minimum Gasteiger partial charge on any atom is -0.379 e. The quantitative estimate of drug-likeness (QED) is 0.0590. The largest absolute Gasteiger partial charge is 0.379 e. The van der Waals surface area contributed by atoms with E-state index in [1.54, 1.807) is 12.1 Å². The van der Waals surface area contributed by atoms with E-state index in [0.29, 0.717) is 39.3 Å². The number of carbonyl (C=O) groups is 1. The van der Waals surface area contributed by atoms with E-state index in [1.165, 1.54) is 153 Å². The minimum atomic E-state index is -0.347. The van der Waals surface area contributed by atoms with Gasteiger partial charge in [0.15, 0.2) is 0 Å². The molecule has 2 atom stereocenters. The molecule has 298 valence electrons. The van der Waals surface area contributed by atoms with Crippen molar-refractivity contribution >= 4 is 5.91 Å². The maximum Gasteiger partial charge on any atom is 0.237 e. The molecular weight excluding hydrogens is 638 g/mol. The Balaban J connectivity index is 2.41. The number of benzene rings is 1. The number of carbonyl (C=O) groups excluding carboxylic acids is 1. The van der Waals surface area contributed by atoms with Gasteiger partial charge in [0.05, 0.1) is 18.8 Å². The predicted octanol–water partition coefficient (Wildman–Crippen LogP) is 11.3. The van der Waals surface area contributed by atoms with Crippen molar-refractivity contribution in [3.8, 4) is 0 Å². The Morgan fingerprint density at radius 3 is 1.61 bits per heavy atom. The zero-order valence-electron chi connectivity index (χ0n) is 33.5. The van der Waals surface area contributed by atoms with Crippen molar-refractivity contribution in [3.63, 3.8) is 0 Å². The molecule has 1 amide bonds.